The van der Waals surface area contributed by atoms with E-state index < -0.39 is 43.1 Å². The van der Waals surface area contributed by atoms with Crippen molar-refractivity contribution in [3.63, 3.8) is 0 Å². The first-order valence-corrected chi connectivity index (χ1v) is 11.8. The van der Waals surface area contributed by atoms with Gasteiger partial charge in [-0.25, -0.2) is 4.42 Å². The number of aliphatic hydroxyl groups is 4. The molecule has 2 unspecified atom stereocenters. The number of hydrogen-bond acceptors (Lipinski definition) is 7. The topological polar surface area (TPSA) is 159 Å². The number of nitrogens with one attached hydrogen (secondary N) is 2. The lowest BCUT2D eigenvalue weighted by molar-refractivity contribution is -0.114. The highest BCUT2D eigenvalue weighted by Crippen LogP contribution is 2.36. The van der Waals surface area contributed by atoms with Gasteiger partial charge in [-0.15, -0.1) is 0 Å². The van der Waals surface area contributed by atoms with Crippen molar-refractivity contribution < 1.29 is 34.8 Å². The molecule has 0 heterocycles. The van der Waals surface area contributed by atoms with Gasteiger partial charge in [-0.2, -0.15) is 0 Å². The molecule has 10 nitrogen and oxygen atoms in total. The molecule has 30 heavy (non-hydrogen) atoms. The van der Waals surface area contributed by atoms with E-state index in [2.05, 4.69) is 10.6 Å². The summed E-state index contributed by atoms with van der Waals surface area (Å²) in [4.78, 5) is 37.4. The molecule has 0 spiro atoms. The van der Waals surface area contributed by atoms with E-state index in [9.17, 15) is 24.6 Å². The van der Waals surface area contributed by atoms with Gasteiger partial charge in [0.15, 0.2) is 0 Å². The van der Waals surface area contributed by atoms with Gasteiger partial charge in [0.05, 0.1) is 55.9 Å². The highest BCUT2D eigenvalue weighted by Gasteiger charge is 2.30. The Morgan fingerprint density at radius 3 is 2.03 bits per heavy atom. The van der Waals surface area contributed by atoms with Crippen LogP contribution in [0.4, 0.5) is 5.69 Å². The number of benzene rings is 1. The summed E-state index contributed by atoms with van der Waals surface area (Å²) in [5, 5.41) is 42.0. The Bertz CT molecular complexity index is 828. The second kappa shape index (κ2) is 12.9. The van der Waals surface area contributed by atoms with Gasteiger partial charge in [0, 0.05) is 28.8 Å². The van der Waals surface area contributed by atoms with E-state index >= 15 is 0 Å². The minimum Gasteiger partial charge on any atom is -0.394 e. The lowest BCUT2D eigenvalue weighted by atomic mass is 10.1. The zero-order valence-electron chi connectivity index (χ0n) is 15.5. The Kier molecular flexibility index (Phi) is 12.0. The van der Waals surface area contributed by atoms with Crippen molar-refractivity contribution in [1.29, 1.82) is 0 Å². The molecule has 0 radical (unpaired) electrons. The van der Waals surface area contributed by atoms with Gasteiger partial charge in [0.25, 0.3) is 11.8 Å². The maximum absolute atomic E-state index is 12.9. The van der Waals surface area contributed by atoms with Crippen LogP contribution in [0.5, 0.6) is 0 Å². The fourth-order valence-corrected chi connectivity index (χ4v) is 6.78. The number of hydrogen-bond donors (Lipinski definition) is 6. The number of rotatable bonds is 9. The summed E-state index contributed by atoms with van der Waals surface area (Å²) < 4.78 is 1.61. The first kappa shape index (κ1) is 28.0. The van der Waals surface area contributed by atoms with Gasteiger partial charge in [-0.05, 0) is 67.8 Å². The number of carbonyl (C=O) groups excluding carboxylic acids is 3. The number of nitrogens with zero attached hydrogens (tertiary/aromatic N) is 1. The van der Waals surface area contributed by atoms with Crippen LogP contribution in [0.2, 0.25) is 0 Å². The molecular formula is C16H19ClI3N3O7. The third-order valence-corrected chi connectivity index (χ3v) is 7.10. The predicted octanol–water partition coefficient (Wildman–Crippen LogP) is 0.491. The quantitative estimate of drug-likeness (QED) is 0.157. The third kappa shape index (κ3) is 7.24. The van der Waals surface area contributed by atoms with Crippen LogP contribution >= 0.6 is 79.5 Å². The molecule has 0 fully saturated rings. The third-order valence-electron chi connectivity index (χ3n) is 3.57. The molecule has 168 valence electrons. The molecule has 0 saturated heterocycles. The molecule has 1 rings (SSSR count). The fraction of sp³-hybridized carbons (Fsp3) is 0.438. The number of amides is 3. The van der Waals surface area contributed by atoms with E-state index in [1.54, 1.807) is 22.6 Å². The Morgan fingerprint density at radius 1 is 1.00 bits per heavy atom. The van der Waals surface area contributed by atoms with Crippen LogP contribution in [0.15, 0.2) is 0 Å². The monoisotopic (exact) mass is 781 g/mol. The van der Waals surface area contributed by atoms with Crippen LogP contribution < -0.4 is 10.6 Å². The van der Waals surface area contributed by atoms with Crippen molar-refractivity contribution in [2.75, 3.05) is 31.6 Å². The number of halogens is 4. The summed E-state index contributed by atoms with van der Waals surface area (Å²) in [6, 6.07) is 0. The maximum atomic E-state index is 12.9. The minimum atomic E-state index is -1.26. The van der Waals surface area contributed by atoms with Gasteiger partial charge in [0.2, 0.25) is 5.91 Å². The maximum Gasteiger partial charge on any atom is 0.270 e. The second-order valence-corrected chi connectivity index (χ2v) is 9.63. The fourth-order valence-electron chi connectivity index (χ4n) is 2.15. The van der Waals surface area contributed by atoms with E-state index in [4.69, 9.17) is 22.0 Å². The standard InChI is InChI=1S/C16H19ClI3N3O7/c1-6(26)22-14-12(19)9(15(29)21-2-7(27)4-24)11(18)10(13(14)20)16(30)23(17)3-8(28)5-25/h7-8,24-25,27-28H,2-5H2,1H3,(H,21,29)(H,22,26). The van der Waals surface area contributed by atoms with Crippen LogP contribution in [0.3, 0.4) is 0 Å². The highest BCUT2D eigenvalue weighted by molar-refractivity contribution is 14.1. The normalized spacial score (nSPS) is 12.8. The zero-order chi connectivity index (χ0) is 23.2. The predicted molar refractivity (Wildman–Crippen MR) is 134 cm³/mol. The molecule has 1 aromatic carbocycles. The average molecular weight is 782 g/mol. The molecule has 3 amide bonds. The van der Waals surface area contributed by atoms with Gasteiger partial charge in [-0.3, -0.25) is 14.4 Å². The van der Waals surface area contributed by atoms with Crippen LogP contribution in [-0.4, -0.2) is 81.1 Å². The van der Waals surface area contributed by atoms with Crippen molar-refractivity contribution in [2.45, 2.75) is 19.1 Å². The van der Waals surface area contributed by atoms with E-state index in [-0.39, 0.29) is 33.5 Å². The summed E-state index contributed by atoms with van der Waals surface area (Å²) in [7, 11) is 0. The lowest BCUT2D eigenvalue weighted by Gasteiger charge is -2.22. The van der Waals surface area contributed by atoms with Crippen molar-refractivity contribution in [3.05, 3.63) is 21.8 Å². The highest BCUT2D eigenvalue weighted by atomic mass is 127. The Hall–Kier alpha value is -0.0500. The molecule has 2 atom stereocenters. The van der Waals surface area contributed by atoms with Gasteiger partial charge < -0.3 is 31.1 Å². The molecule has 0 aliphatic rings. The molecule has 14 heteroatoms. The summed E-state index contributed by atoms with van der Waals surface area (Å²) in [6.45, 7) is -0.467. The van der Waals surface area contributed by atoms with Crippen LogP contribution in [-0.2, 0) is 4.79 Å². The SMILES string of the molecule is CC(=O)Nc1c(I)c(C(=O)NCC(O)CO)c(I)c(C(=O)N(Cl)CC(O)CO)c1I. The number of anilines is 1. The van der Waals surface area contributed by atoms with E-state index in [1.807, 2.05) is 45.2 Å². The molecule has 0 aliphatic carbocycles. The van der Waals surface area contributed by atoms with Gasteiger partial charge in [0.1, 0.15) is 0 Å². The van der Waals surface area contributed by atoms with Crippen LogP contribution in [0.1, 0.15) is 27.6 Å². The summed E-state index contributed by atoms with van der Waals surface area (Å²) in [5.41, 5.74) is 0.322. The van der Waals surface area contributed by atoms with Gasteiger partial charge in [-0.1, -0.05) is 0 Å². The molecule has 0 saturated carbocycles. The Morgan fingerprint density at radius 2 is 1.53 bits per heavy atom. The number of aliphatic hydroxyl groups excluding tert-OH is 4. The summed E-state index contributed by atoms with van der Waals surface area (Å²) in [6.07, 6.45) is -2.43. The van der Waals surface area contributed by atoms with Crippen LogP contribution in [0, 0.1) is 10.7 Å². The molecule has 0 bridgehead atoms. The molecule has 0 aromatic heterocycles. The molecular weight excluding hydrogens is 762 g/mol. The van der Waals surface area contributed by atoms with E-state index in [0.717, 1.165) is 0 Å². The first-order valence-electron chi connectivity index (χ1n) is 8.27. The van der Waals surface area contributed by atoms with Crippen molar-refractivity contribution in [2.24, 2.45) is 0 Å². The second-order valence-electron chi connectivity index (χ2n) is 5.98. The average Bonchev–Trinajstić information content (AvgIpc) is 2.68. The van der Waals surface area contributed by atoms with Crippen molar-refractivity contribution in [1.82, 2.24) is 9.74 Å². The minimum absolute atomic E-state index is 0.0216. The summed E-state index contributed by atoms with van der Waals surface area (Å²) >= 11 is 11.5. The molecule has 0 aliphatic heterocycles. The van der Waals surface area contributed by atoms with Gasteiger partial charge >= 0.3 is 0 Å². The van der Waals surface area contributed by atoms with Crippen LogP contribution in [0.25, 0.3) is 0 Å². The molecule has 6 N–H and O–H groups in total. The first-order chi connectivity index (χ1) is 14.0. The molecule has 1 aromatic rings. The van der Waals surface area contributed by atoms with E-state index in [1.165, 1.54) is 6.92 Å². The smallest absolute Gasteiger partial charge is 0.270 e. The summed E-state index contributed by atoms with van der Waals surface area (Å²) in [5.74, 6) is -1.80. The zero-order valence-corrected chi connectivity index (χ0v) is 22.7. The number of carbonyl (C=O) groups is 3. The Labute approximate surface area is 218 Å². The Balaban J connectivity index is 3.55. The van der Waals surface area contributed by atoms with E-state index in [0.29, 0.717) is 11.6 Å². The van der Waals surface area contributed by atoms with Crippen molar-refractivity contribution >= 4 is 103 Å². The largest absolute Gasteiger partial charge is 0.394 e. The van der Waals surface area contributed by atoms with Crippen molar-refractivity contribution in [3.8, 4) is 0 Å². The lowest BCUT2D eigenvalue weighted by Crippen LogP contribution is -2.36.